The molecule has 0 fully saturated rings. The van der Waals surface area contributed by atoms with Gasteiger partial charge in [0.25, 0.3) is 0 Å². The van der Waals surface area contributed by atoms with Crippen molar-refractivity contribution in [3.8, 4) is 6.07 Å². The molecule has 2 N–H and O–H groups in total. The number of nitrogens with zero attached hydrogens (tertiary/aromatic N) is 2. The maximum absolute atomic E-state index is 12.5. The van der Waals surface area contributed by atoms with Crippen LogP contribution in [0.4, 0.5) is 0 Å². The second-order valence-corrected chi connectivity index (χ2v) is 6.57. The van der Waals surface area contributed by atoms with Crippen molar-refractivity contribution in [3.63, 3.8) is 0 Å². The molecule has 1 aromatic heterocycles. The molecular formula is C20H17N3O3S. The number of hydrogen-bond acceptors (Lipinski definition) is 6. The molecule has 0 saturated carbocycles. The molecule has 27 heavy (non-hydrogen) atoms. The minimum Gasteiger partial charge on any atom is -0.507 e. The van der Waals surface area contributed by atoms with Crippen LogP contribution >= 0.6 is 11.8 Å². The molecule has 1 heterocycles. The summed E-state index contributed by atoms with van der Waals surface area (Å²) in [5.74, 6) is -0.698. The largest absolute Gasteiger partial charge is 0.507 e. The highest BCUT2D eigenvalue weighted by Gasteiger charge is 2.22. The van der Waals surface area contributed by atoms with E-state index in [1.54, 1.807) is 18.2 Å². The maximum Gasteiger partial charge on any atom is 0.339 e. The zero-order valence-corrected chi connectivity index (χ0v) is 15.6. The molecule has 0 saturated heterocycles. The number of benzene rings is 2. The zero-order chi connectivity index (χ0) is 19.4. The average Bonchev–Trinajstić information content (AvgIpc) is 3.11. The average molecular weight is 379 g/mol. The van der Waals surface area contributed by atoms with Gasteiger partial charge in [0.15, 0.2) is 17.7 Å². The smallest absolute Gasteiger partial charge is 0.339 e. The monoisotopic (exact) mass is 379 g/mol. The van der Waals surface area contributed by atoms with Crippen LogP contribution < -0.4 is 0 Å². The molecule has 1 atom stereocenters. The molecule has 0 amide bonds. The van der Waals surface area contributed by atoms with E-state index >= 15 is 0 Å². The summed E-state index contributed by atoms with van der Waals surface area (Å²) in [5.41, 5.74) is 1.76. The summed E-state index contributed by atoms with van der Waals surface area (Å²) in [6.07, 6.45) is 0.859. The summed E-state index contributed by atoms with van der Waals surface area (Å²) in [6.45, 7) is 1.51. The van der Waals surface area contributed by atoms with Gasteiger partial charge in [0.2, 0.25) is 0 Å². The number of allylic oxidation sites excluding steroid dienone is 1. The summed E-state index contributed by atoms with van der Waals surface area (Å²) in [7, 11) is 0. The molecule has 0 bridgehead atoms. The number of ether oxygens (including phenoxy) is 1. The van der Waals surface area contributed by atoms with Gasteiger partial charge in [0, 0.05) is 4.90 Å². The van der Waals surface area contributed by atoms with Gasteiger partial charge in [-0.1, -0.05) is 24.3 Å². The molecular weight excluding hydrogens is 362 g/mol. The highest BCUT2D eigenvalue weighted by Crippen LogP contribution is 2.24. The lowest BCUT2D eigenvalue weighted by Gasteiger charge is -2.14. The van der Waals surface area contributed by atoms with Crippen molar-refractivity contribution >= 4 is 34.3 Å². The topological polar surface area (TPSA) is 99.0 Å². The molecule has 0 aliphatic rings. The third kappa shape index (κ3) is 3.81. The lowest BCUT2D eigenvalue weighted by molar-refractivity contribution is 0.0330. The van der Waals surface area contributed by atoms with Crippen LogP contribution in [0.1, 0.15) is 23.1 Å². The first-order valence-corrected chi connectivity index (χ1v) is 9.40. The van der Waals surface area contributed by atoms with E-state index in [1.165, 1.54) is 18.7 Å². The second kappa shape index (κ2) is 7.98. The van der Waals surface area contributed by atoms with Crippen molar-refractivity contribution in [1.82, 2.24) is 9.97 Å². The molecule has 6 nitrogen and oxygen atoms in total. The first-order chi connectivity index (χ1) is 13.0. The van der Waals surface area contributed by atoms with Gasteiger partial charge in [-0.3, -0.25) is 0 Å². The zero-order valence-electron chi connectivity index (χ0n) is 14.8. The highest BCUT2D eigenvalue weighted by atomic mass is 32.2. The summed E-state index contributed by atoms with van der Waals surface area (Å²) in [4.78, 5) is 20.5. The molecule has 0 spiro atoms. The molecule has 0 radical (unpaired) electrons. The number of hydrogen-bond donors (Lipinski definition) is 2. The van der Waals surface area contributed by atoms with Crippen LogP contribution in [0.2, 0.25) is 0 Å². The van der Waals surface area contributed by atoms with Gasteiger partial charge in [-0.25, -0.2) is 9.78 Å². The van der Waals surface area contributed by atoms with Crippen LogP contribution in [-0.2, 0) is 4.74 Å². The van der Waals surface area contributed by atoms with E-state index < -0.39 is 12.1 Å². The summed E-state index contributed by atoms with van der Waals surface area (Å²) in [5, 5.41) is 20.0. The van der Waals surface area contributed by atoms with Crippen LogP contribution in [0.5, 0.6) is 0 Å². The number of aromatic nitrogens is 2. The summed E-state index contributed by atoms with van der Waals surface area (Å²) >= 11 is 1.43. The second-order valence-electron chi connectivity index (χ2n) is 5.72. The van der Waals surface area contributed by atoms with Crippen LogP contribution in [0.15, 0.2) is 59.2 Å². The standard InChI is InChI=1S/C20H17N3O3S/c1-12(26-20(25)13-7-3-6-10-17(13)27-2)18(24)14(11-21)19-22-15-8-4-5-9-16(15)23-19/h3-10,12,24H,1-2H3,(H,22,23)/b18-14-/t12-/m0/s1. The maximum atomic E-state index is 12.5. The Morgan fingerprint density at radius 3 is 2.67 bits per heavy atom. The first-order valence-electron chi connectivity index (χ1n) is 8.17. The molecule has 3 aromatic rings. The van der Waals surface area contributed by atoms with Gasteiger partial charge < -0.3 is 14.8 Å². The Kier molecular flexibility index (Phi) is 5.48. The number of fused-ring (bicyclic) bond motifs is 1. The number of imidazole rings is 1. The quantitative estimate of drug-likeness (QED) is 0.296. The van der Waals surface area contributed by atoms with Crippen molar-refractivity contribution in [2.75, 3.05) is 6.26 Å². The Bertz CT molecular complexity index is 1030. The van der Waals surface area contributed by atoms with E-state index in [0.717, 1.165) is 10.4 Å². The van der Waals surface area contributed by atoms with Gasteiger partial charge >= 0.3 is 5.97 Å². The van der Waals surface area contributed by atoms with E-state index in [0.29, 0.717) is 11.1 Å². The van der Waals surface area contributed by atoms with Gasteiger partial charge in [0.1, 0.15) is 11.6 Å². The number of thioether (sulfide) groups is 1. The fraction of sp³-hybridized carbons (Fsp3) is 0.150. The number of aliphatic hydroxyl groups excluding tert-OH is 1. The lowest BCUT2D eigenvalue weighted by atomic mass is 10.1. The van der Waals surface area contributed by atoms with Gasteiger partial charge in [-0.15, -0.1) is 11.8 Å². The van der Waals surface area contributed by atoms with Gasteiger partial charge in [-0.2, -0.15) is 5.26 Å². The normalized spacial score (nSPS) is 12.9. The summed E-state index contributed by atoms with van der Waals surface area (Å²) in [6, 6.07) is 16.3. The number of aromatic amines is 1. The lowest BCUT2D eigenvalue weighted by Crippen LogP contribution is -2.19. The first kappa shape index (κ1) is 18.5. The molecule has 0 aliphatic heterocycles. The van der Waals surface area contributed by atoms with E-state index in [4.69, 9.17) is 4.74 Å². The van der Waals surface area contributed by atoms with E-state index in [-0.39, 0.29) is 17.2 Å². The van der Waals surface area contributed by atoms with Crippen molar-refractivity contribution in [2.45, 2.75) is 17.9 Å². The highest BCUT2D eigenvalue weighted by molar-refractivity contribution is 7.98. The molecule has 3 rings (SSSR count). The number of aliphatic hydroxyl groups is 1. The fourth-order valence-corrected chi connectivity index (χ4v) is 3.19. The number of nitriles is 1. The number of esters is 1. The third-order valence-electron chi connectivity index (χ3n) is 3.99. The van der Waals surface area contributed by atoms with Crippen LogP contribution in [0.3, 0.4) is 0 Å². The summed E-state index contributed by atoms with van der Waals surface area (Å²) < 4.78 is 5.37. The number of rotatable bonds is 5. The molecule has 2 aromatic carbocycles. The fourth-order valence-electron chi connectivity index (χ4n) is 2.60. The number of H-pyrrole nitrogens is 1. The van der Waals surface area contributed by atoms with Gasteiger partial charge in [0.05, 0.1) is 16.6 Å². The van der Waals surface area contributed by atoms with E-state index in [2.05, 4.69) is 9.97 Å². The Hall–Kier alpha value is -3.24. The number of nitrogens with one attached hydrogen (secondary N) is 1. The van der Waals surface area contributed by atoms with E-state index in [1.807, 2.05) is 42.7 Å². The molecule has 7 heteroatoms. The van der Waals surface area contributed by atoms with Crippen molar-refractivity contribution in [1.29, 1.82) is 5.26 Å². The molecule has 136 valence electrons. The predicted octanol–water partition coefficient (Wildman–Crippen LogP) is 4.32. The van der Waals surface area contributed by atoms with Crippen LogP contribution in [0, 0.1) is 11.3 Å². The number of carbonyl (C=O) groups is 1. The van der Waals surface area contributed by atoms with Crippen molar-refractivity contribution < 1.29 is 14.6 Å². The number of para-hydroxylation sites is 2. The Morgan fingerprint density at radius 2 is 1.96 bits per heavy atom. The predicted molar refractivity (Wildman–Crippen MR) is 104 cm³/mol. The SMILES string of the molecule is CSc1ccccc1C(=O)O[C@@H](C)/C(O)=C(\C#N)c1nc2ccccc2[nH]1. The molecule has 0 unspecified atom stereocenters. The number of carbonyl (C=O) groups excluding carboxylic acids is 1. The van der Waals surface area contributed by atoms with Gasteiger partial charge in [-0.05, 0) is 37.4 Å². The van der Waals surface area contributed by atoms with Crippen LogP contribution in [0.25, 0.3) is 16.6 Å². The third-order valence-corrected chi connectivity index (χ3v) is 4.79. The molecule has 0 aliphatic carbocycles. The minimum atomic E-state index is -1.00. The van der Waals surface area contributed by atoms with Crippen molar-refractivity contribution in [2.24, 2.45) is 0 Å². The minimum absolute atomic E-state index is 0.0651. The van der Waals surface area contributed by atoms with E-state index in [9.17, 15) is 15.2 Å². The Balaban J connectivity index is 1.88. The Morgan fingerprint density at radius 1 is 1.26 bits per heavy atom. The van der Waals surface area contributed by atoms with Crippen LogP contribution in [-0.4, -0.2) is 33.4 Å². The Labute approximate surface area is 160 Å². The van der Waals surface area contributed by atoms with Crippen molar-refractivity contribution in [3.05, 3.63) is 65.7 Å².